The number of carbonyl (C=O) groups excluding carboxylic acids is 1. The van der Waals surface area contributed by atoms with Gasteiger partial charge in [0.15, 0.2) is 0 Å². The third kappa shape index (κ3) is 3.54. The molecule has 0 aliphatic carbocycles. The molecule has 0 fully saturated rings. The number of carbonyl (C=O) groups is 1. The van der Waals surface area contributed by atoms with Crippen molar-refractivity contribution in [1.29, 1.82) is 0 Å². The Morgan fingerprint density at radius 1 is 1.29 bits per heavy atom. The first-order chi connectivity index (χ1) is 7.95. The van der Waals surface area contributed by atoms with E-state index in [1.165, 1.54) is 16.7 Å². The van der Waals surface area contributed by atoms with E-state index in [9.17, 15) is 4.79 Å². The van der Waals surface area contributed by atoms with E-state index in [0.29, 0.717) is 6.42 Å². The molecule has 94 valence electrons. The standard InChI is InChI=1S/C13H21N3O/c1-8-5-9(2)11(10(3)6-8)7-12(14)13(17)16-15-4/h5-6,12,15H,7,14H2,1-4H3,(H,16,17). The van der Waals surface area contributed by atoms with Crippen molar-refractivity contribution >= 4 is 5.91 Å². The van der Waals surface area contributed by atoms with Crippen molar-refractivity contribution < 1.29 is 4.79 Å². The van der Waals surface area contributed by atoms with Gasteiger partial charge in [0.1, 0.15) is 0 Å². The number of hydrogen-bond donors (Lipinski definition) is 3. The lowest BCUT2D eigenvalue weighted by molar-refractivity contribution is -0.123. The summed E-state index contributed by atoms with van der Waals surface area (Å²) in [5, 5.41) is 0. The highest BCUT2D eigenvalue weighted by atomic mass is 16.2. The van der Waals surface area contributed by atoms with Gasteiger partial charge in [-0.25, -0.2) is 5.43 Å². The topological polar surface area (TPSA) is 67.1 Å². The van der Waals surface area contributed by atoms with Crippen molar-refractivity contribution in [1.82, 2.24) is 10.9 Å². The molecule has 0 spiro atoms. The monoisotopic (exact) mass is 235 g/mol. The summed E-state index contributed by atoms with van der Waals surface area (Å²) < 4.78 is 0. The smallest absolute Gasteiger partial charge is 0.251 e. The number of hydrogen-bond acceptors (Lipinski definition) is 3. The van der Waals surface area contributed by atoms with Crippen molar-refractivity contribution in [3.8, 4) is 0 Å². The van der Waals surface area contributed by atoms with Gasteiger partial charge in [0.25, 0.3) is 5.91 Å². The molecule has 1 rings (SSSR count). The summed E-state index contributed by atoms with van der Waals surface area (Å²) in [5.74, 6) is -0.188. The van der Waals surface area contributed by atoms with Gasteiger partial charge in [-0.3, -0.25) is 10.2 Å². The number of benzene rings is 1. The van der Waals surface area contributed by atoms with Crippen LogP contribution in [0.2, 0.25) is 0 Å². The van der Waals surface area contributed by atoms with Gasteiger partial charge in [0.05, 0.1) is 6.04 Å². The highest BCUT2D eigenvalue weighted by Gasteiger charge is 2.15. The van der Waals surface area contributed by atoms with Gasteiger partial charge >= 0.3 is 0 Å². The Bertz CT molecular complexity index is 392. The molecule has 0 radical (unpaired) electrons. The number of aryl methyl sites for hydroxylation is 3. The number of nitrogens with two attached hydrogens (primary N) is 1. The van der Waals surface area contributed by atoms with Gasteiger partial charge < -0.3 is 5.73 Å². The van der Waals surface area contributed by atoms with E-state index in [1.54, 1.807) is 7.05 Å². The number of rotatable bonds is 4. The van der Waals surface area contributed by atoms with E-state index in [-0.39, 0.29) is 5.91 Å². The lowest BCUT2D eigenvalue weighted by atomic mass is 9.94. The van der Waals surface area contributed by atoms with Crippen molar-refractivity contribution in [3.63, 3.8) is 0 Å². The Labute approximate surface area is 103 Å². The molecule has 1 unspecified atom stereocenters. The Morgan fingerprint density at radius 2 is 1.82 bits per heavy atom. The highest BCUT2D eigenvalue weighted by Crippen LogP contribution is 2.17. The number of nitrogens with one attached hydrogen (secondary N) is 2. The van der Waals surface area contributed by atoms with E-state index in [2.05, 4.69) is 43.8 Å². The number of amides is 1. The quantitative estimate of drug-likeness (QED) is 0.674. The molecular formula is C13H21N3O. The minimum Gasteiger partial charge on any atom is -0.320 e. The molecule has 0 aliphatic heterocycles. The van der Waals surface area contributed by atoms with Crippen LogP contribution in [0.25, 0.3) is 0 Å². The molecule has 1 aromatic rings. The van der Waals surface area contributed by atoms with E-state index < -0.39 is 6.04 Å². The maximum atomic E-state index is 11.5. The normalized spacial score (nSPS) is 12.3. The van der Waals surface area contributed by atoms with E-state index in [0.717, 1.165) is 5.56 Å². The average Bonchev–Trinajstić information content (AvgIpc) is 2.23. The maximum absolute atomic E-state index is 11.5. The Hall–Kier alpha value is -1.39. The minimum absolute atomic E-state index is 0.188. The van der Waals surface area contributed by atoms with Gasteiger partial charge in [0, 0.05) is 7.05 Å². The van der Waals surface area contributed by atoms with Crippen LogP contribution in [-0.2, 0) is 11.2 Å². The fraction of sp³-hybridized carbons (Fsp3) is 0.462. The first kappa shape index (κ1) is 13.7. The SMILES string of the molecule is CNNC(=O)C(N)Cc1c(C)cc(C)cc1C. The Kier molecular flexibility index (Phi) is 4.66. The van der Waals surface area contributed by atoms with Crippen molar-refractivity contribution in [2.45, 2.75) is 33.2 Å². The first-order valence-corrected chi connectivity index (χ1v) is 5.74. The molecule has 1 atom stereocenters. The molecule has 0 saturated carbocycles. The van der Waals surface area contributed by atoms with Crippen LogP contribution in [-0.4, -0.2) is 19.0 Å². The van der Waals surface area contributed by atoms with Crippen LogP contribution in [0.3, 0.4) is 0 Å². The summed E-state index contributed by atoms with van der Waals surface area (Å²) in [6.45, 7) is 6.17. The summed E-state index contributed by atoms with van der Waals surface area (Å²) in [5.41, 5.74) is 15.7. The van der Waals surface area contributed by atoms with Crippen molar-refractivity contribution in [3.05, 3.63) is 34.4 Å². The Balaban J connectivity index is 2.85. The van der Waals surface area contributed by atoms with Crippen LogP contribution >= 0.6 is 0 Å². The van der Waals surface area contributed by atoms with Gasteiger partial charge in [-0.2, -0.15) is 0 Å². The zero-order chi connectivity index (χ0) is 13.0. The van der Waals surface area contributed by atoms with Crippen LogP contribution in [0.15, 0.2) is 12.1 Å². The second kappa shape index (κ2) is 5.80. The molecule has 1 amide bonds. The molecule has 0 saturated heterocycles. The van der Waals surface area contributed by atoms with Crippen molar-refractivity contribution in [2.24, 2.45) is 5.73 Å². The minimum atomic E-state index is -0.525. The van der Waals surface area contributed by atoms with E-state index in [4.69, 9.17) is 5.73 Å². The summed E-state index contributed by atoms with van der Waals surface area (Å²) >= 11 is 0. The third-order valence-corrected chi connectivity index (χ3v) is 2.85. The van der Waals surface area contributed by atoms with Crippen LogP contribution in [0.4, 0.5) is 0 Å². The Morgan fingerprint density at radius 3 is 2.29 bits per heavy atom. The zero-order valence-corrected chi connectivity index (χ0v) is 10.9. The molecular weight excluding hydrogens is 214 g/mol. The van der Waals surface area contributed by atoms with Crippen LogP contribution in [0.5, 0.6) is 0 Å². The first-order valence-electron chi connectivity index (χ1n) is 5.74. The fourth-order valence-electron chi connectivity index (χ4n) is 2.06. The van der Waals surface area contributed by atoms with Crippen LogP contribution in [0.1, 0.15) is 22.3 Å². The van der Waals surface area contributed by atoms with E-state index >= 15 is 0 Å². The second-order valence-corrected chi connectivity index (χ2v) is 4.43. The predicted octanol–water partition coefficient (Wildman–Crippen LogP) is 0.732. The van der Waals surface area contributed by atoms with Crippen LogP contribution < -0.4 is 16.6 Å². The maximum Gasteiger partial charge on any atom is 0.251 e. The molecule has 0 aliphatic rings. The van der Waals surface area contributed by atoms with Gasteiger partial charge in [-0.1, -0.05) is 17.7 Å². The van der Waals surface area contributed by atoms with Crippen LogP contribution in [0, 0.1) is 20.8 Å². The summed E-state index contributed by atoms with van der Waals surface area (Å²) in [6, 6.07) is 3.71. The molecule has 17 heavy (non-hydrogen) atoms. The molecule has 4 N–H and O–H groups in total. The molecule has 4 heteroatoms. The van der Waals surface area contributed by atoms with E-state index in [1.807, 2.05) is 0 Å². The lowest BCUT2D eigenvalue weighted by Gasteiger charge is -2.16. The van der Waals surface area contributed by atoms with Gasteiger partial charge in [-0.15, -0.1) is 0 Å². The summed E-state index contributed by atoms with van der Waals surface area (Å²) in [4.78, 5) is 11.5. The summed E-state index contributed by atoms with van der Waals surface area (Å²) in [6.07, 6.45) is 0.561. The average molecular weight is 235 g/mol. The molecule has 0 bridgehead atoms. The largest absolute Gasteiger partial charge is 0.320 e. The highest BCUT2D eigenvalue weighted by molar-refractivity contribution is 5.81. The second-order valence-electron chi connectivity index (χ2n) is 4.43. The molecule has 1 aromatic carbocycles. The molecule has 0 aromatic heterocycles. The third-order valence-electron chi connectivity index (χ3n) is 2.85. The van der Waals surface area contributed by atoms with Crippen molar-refractivity contribution in [2.75, 3.05) is 7.05 Å². The molecule has 0 heterocycles. The molecule has 4 nitrogen and oxygen atoms in total. The lowest BCUT2D eigenvalue weighted by Crippen LogP contribution is -2.46. The zero-order valence-electron chi connectivity index (χ0n) is 10.9. The van der Waals surface area contributed by atoms with Gasteiger partial charge in [0.2, 0.25) is 0 Å². The summed E-state index contributed by atoms with van der Waals surface area (Å²) in [7, 11) is 1.65. The van der Waals surface area contributed by atoms with Gasteiger partial charge in [-0.05, 0) is 43.9 Å². The fourth-order valence-corrected chi connectivity index (χ4v) is 2.06. The predicted molar refractivity (Wildman–Crippen MR) is 69.5 cm³/mol. The number of hydrazine groups is 1.